The van der Waals surface area contributed by atoms with Crippen LogP contribution in [0, 0.1) is 30.6 Å². The van der Waals surface area contributed by atoms with E-state index in [4.69, 9.17) is 13.9 Å². The minimum absolute atomic E-state index is 0.0798. The maximum absolute atomic E-state index is 13.1. The van der Waals surface area contributed by atoms with E-state index in [1.807, 2.05) is 19.9 Å². The zero-order chi connectivity index (χ0) is 25.7. The molecule has 2 amide bonds. The highest BCUT2D eigenvalue weighted by Crippen LogP contribution is 2.42. The second-order valence-electron chi connectivity index (χ2n) is 9.49. The molecule has 1 saturated heterocycles. The van der Waals surface area contributed by atoms with Gasteiger partial charge in [-0.2, -0.15) is 5.26 Å². The second kappa shape index (κ2) is 11.0. The summed E-state index contributed by atoms with van der Waals surface area (Å²) in [6, 6.07) is 5.74. The quantitative estimate of drug-likeness (QED) is 0.557. The number of nitriles is 1. The zero-order valence-electron chi connectivity index (χ0n) is 20.8. The number of amides is 2. The molecule has 10 heteroatoms. The first-order valence-electron chi connectivity index (χ1n) is 12.3. The van der Waals surface area contributed by atoms with Crippen LogP contribution in [-0.4, -0.2) is 60.2 Å². The highest BCUT2D eigenvalue weighted by atomic mass is 16.5. The van der Waals surface area contributed by atoms with Crippen LogP contribution < -0.4 is 5.32 Å². The first-order valence-corrected chi connectivity index (χ1v) is 12.3. The fraction of sp³-hybridized carbons (Fsp3) is 0.538. The van der Waals surface area contributed by atoms with Crippen LogP contribution in [0.25, 0.3) is 0 Å². The van der Waals surface area contributed by atoms with E-state index < -0.39 is 23.9 Å². The number of carbonyl (C=O) groups excluding carboxylic acids is 3. The van der Waals surface area contributed by atoms with E-state index in [-0.39, 0.29) is 12.3 Å². The van der Waals surface area contributed by atoms with Crippen LogP contribution in [0.3, 0.4) is 0 Å². The zero-order valence-corrected chi connectivity index (χ0v) is 20.8. The molecule has 1 N–H and O–H groups in total. The second-order valence-corrected chi connectivity index (χ2v) is 9.49. The van der Waals surface area contributed by atoms with Crippen LogP contribution in [0.1, 0.15) is 54.7 Å². The first-order chi connectivity index (χ1) is 17.3. The molecule has 1 saturated carbocycles. The number of nitrogens with one attached hydrogen (secondary N) is 1. The van der Waals surface area contributed by atoms with E-state index in [0.717, 1.165) is 24.1 Å². The molecule has 36 heavy (non-hydrogen) atoms. The predicted octanol–water partition coefficient (Wildman–Crippen LogP) is 2.91. The van der Waals surface area contributed by atoms with Gasteiger partial charge < -0.3 is 28.7 Å². The Labute approximate surface area is 210 Å². The summed E-state index contributed by atoms with van der Waals surface area (Å²) in [6.45, 7) is 5.55. The Morgan fingerprint density at radius 2 is 1.92 bits per heavy atom. The lowest BCUT2D eigenvalue weighted by Crippen LogP contribution is -2.44. The molecule has 0 unspecified atom stereocenters. The summed E-state index contributed by atoms with van der Waals surface area (Å²) < 4.78 is 18.0. The van der Waals surface area contributed by atoms with E-state index in [1.165, 1.54) is 0 Å². The van der Waals surface area contributed by atoms with Gasteiger partial charge in [0.25, 0.3) is 5.91 Å². The van der Waals surface area contributed by atoms with Crippen LogP contribution in [0.4, 0.5) is 5.82 Å². The average molecular weight is 497 g/mol. The molecule has 2 fully saturated rings. The molecule has 3 heterocycles. The molecular formula is C26H32N4O6. The Bertz CT molecular complexity index is 1150. The van der Waals surface area contributed by atoms with Gasteiger partial charge in [0, 0.05) is 25.2 Å². The monoisotopic (exact) mass is 496 g/mol. The van der Waals surface area contributed by atoms with Crippen LogP contribution in [0.2, 0.25) is 0 Å². The number of furan rings is 1. The molecule has 192 valence electrons. The van der Waals surface area contributed by atoms with E-state index in [1.54, 1.807) is 21.8 Å². The van der Waals surface area contributed by atoms with Crippen molar-refractivity contribution < 1.29 is 28.3 Å². The Balaban J connectivity index is 1.42. The molecule has 1 aliphatic heterocycles. The van der Waals surface area contributed by atoms with Crippen molar-refractivity contribution in [2.45, 2.75) is 52.5 Å². The summed E-state index contributed by atoms with van der Waals surface area (Å²) in [5.41, 5.74) is 1.02. The van der Waals surface area contributed by atoms with Crippen molar-refractivity contribution >= 4 is 23.6 Å². The average Bonchev–Trinajstić information content (AvgIpc) is 3.62. The summed E-state index contributed by atoms with van der Waals surface area (Å²) in [6.07, 6.45) is 4.44. The molecule has 10 nitrogen and oxygen atoms in total. The molecular weight excluding hydrogens is 464 g/mol. The third kappa shape index (κ3) is 5.31. The van der Waals surface area contributed by atoms with Gasteiger partial charge >= 0.3 is 5.97 Å². The molecule has 0 radical (unpaired) electrons. The maximum Gasteiger partial charge on any atom is 0.313 e. The lowest BCUT2D eigenvalue weighted by molar-refractivity contribution is -0.161. The van der Waals surface area contributed by atoms with Crippen molar-refractivity contribution in [2.75, 3.05) is 38.2 Å². The number of nitrogens with zero attached hydrogens (tertiary/aromatic N) is 3. The maximum atomic E-state index is 13.1. The minimum Gasteiger partial charge on any atom is -0.467 e. The Kier molecular flexibility index (Phi) is 7.79. The summed E-state index contributed by atoms with van der Waals surface area (Å²) in [4.78, 5) is 40.5. The topological polar surface area (TPSA) is 127 Å². The number of hydrogen-bond acceptors (Lipinski definition) is 7. The number of ether oxygens (including phenoxy) is 2. The summed E-state index contributed by atoms with van der Waals surface area (Å²) >= 11 is 0. The van der Waals surface area contributed by atoms with E-state index in [2.05, 4.69) is 11.4 Å². The van der Waals surface area contributed by atoms with E-state index >= 15 is 0 Å². The fourth-order valence-corrected chi connectivity index (χ4v) is 5.06. The van der Waals surface area contributed by atoms with Crippen LogP contribution in [0.5, 0.6) is 0 Å². The highest BCUT2D eigenvalue weighted by molar-refractivity contribution is 5.94. The number of hydrogen-bond donors (Lipinski definition) is 1. The number of esters is 1. The largest absolute Gasteiger partial charge is 0.467 e. The standard InChI is InChI=1S/C26H32N4O6/c1-18-19(2)30(16-20-6-5-11-35-20)24(21(18)15-27)28-22(31)17-36-25(33)26(7-3-4-8-26)14-23(32)29-9-12-34-13-10-29/h5-6,11H,3-4,7-10,12-14,16-17H2,1-2H3,(H,28,31). The third-order valence-electron chi connectivity index (χ3n) is 7.27. The predicted molar refractivity (Wildman–Crippen MR) is 129 cm³/mol. The number of carbonyl (C=O) groups is 3. The van der Waals surface area contributed by atoms with E-state index in [9.17, 15) is 19.6 Å². The van der Waals surface area contributed by atoms with E-state index in [0.29, 0.717) is 62.8 Å². The SMILES string of the molecule is Cc1c(C#N)c(NC(=O)COC(=O)C2(CC(=O)N3CCOCC3)CCCC2)n(Cc2ccco2)c1C. The summed E-state index contributed by atoms with van der Waals surface area (Å²) in [5, 5.41) is 12.4. The van der Waals surface area contributed by atoms with Gasteiger partial charge in [0.15, 0.2) is 6.61 Å². The number of rotatable bonds is 8. The number of anilines is 1. The van der Waals surface area contributed by atoms with Crippen LogP contribution >= 0.6 is 0 Å². The summed E-state index contributed by atoms with van der Waals surface area (Å²) in [5.74, 6) is -0.140. The van der Waals surface area contributed by atoms with Crippen molar-refractivity contribution in [3.63, 3.8) is 0 Å². The summed E-state index contributed by atoms with van der Waals surface area (Å²) in [7, 11) is 0. The van der Waals surface area contributed by atoms with Gasteiger partial charge in [-0.3, -0.25) is 14.4 Å². The molecule has 2 aromatic heterocycles. The van der Waals surface area contributed by atoms with Gasteiger partial charge in [-0.1, -0.05) is 12.8 Å². The minimum atomic E-state index is -0.903. The van der Waals surface area contributed by atoms with Crippen molar-refractivity contribution in [1.82, 2.24) is 9.47 Å². The first kappa shape index (κ1) is 25.5. The van der Waals surface area contributed by atoms with Crippen molar-refractivity contribution in [3.05, 3.63) is 41.0 Å². The molecule has 2 aromatic rings. The van der Waals surface area contributed by atoms with Gasteiger partial charge in [-0.25, -0.2) is 0 Å². The fourth-order valence-electron chi connectivity index (χ4n) is 5.06. The van der Waals surface area contributed by atoms with Gasteiger partial charge in [-0.05, 0) is 44.4 Å². The van der Waals surface area contributed by atoms with Crippen LogP contribution in [-0.2, 0) is 30.4 Å². The molecule has 0 spiro atoms. The number of morpholine rings is 1. The lowest BCUT2D eigenvalue weighted by atomic mass is 9.82. The molecule has 0 atom stereocenters. The van der Waals surface area contributed by atoms with Gasteiger partial charge in [0.2, 0.25) is 5.91 Å². The van der Waals surface area contributed by atoms with Crippen molar-refractivity contribution in [2.24, 2.45) is 5.41 Å². The molecule has 0 bridgehead atoms. The van der Waals surface area contributed by atoms with Gasteiger partial charge in [0.1, 0.15) is 17.6 Å². The normalized spacial score (nSPS) is 17.0. The molecule has 2 aliphatic rings. The Hall–Kier alpha value is -3.58. The molecule has 0 aromatic carbocycles. The molecule has 1 aliphatic carbocycles. The van der Waals surface area contributed by atoms with Crippen molar-refractivity contribution in [1.29, 1.82) is 5.26 Å². The molecule has 4 rings (SSSR count). The Morgan fingerprint density at radius 1 is 1.19 bits per heavy atom. The number of aromatic nitrogens is 1. The van der Waals surface area contributed by atoms with Gasteiger partial charge in [0.05, 0.1) is 37.0 Å². The highest BCUT2D eigenvalue weighted by Gasteiger charge is 2.45. The lowest BCUT2D eigenvalue weighted by Gasteiger charge is -2.31. The van der Waals surface area contributed by atoms with Crippen molar-refractivity contribution in [3.8, 4) is 6.07 Å². The third-order valence-corrected chi connectivity index (χ3v) is 7.27. The van der Waals surface area contributed by atoms with Gasteiger partial charge in [-0.15, -0.1) is 0 Å². The smallest absolute Gasteiger partial charge is 0.313 e. The van der Waals surface area contributed by atoms with Crippen LogP contribution in [0.15, 0.2) is 22.8 Å². The Morgan fingerprint density at radius 3 is 2.56 bits per heavy atom.